The Hall–Kier alpha value is -3.16. The largest absolute Gasteiger partial charge is 0.496 e. The molecule has 0 heterocycles. The summed E-state index contributed by atoms with van der Waals surface area (Å²) in [5.41, 5.74) is 3.31. The number of methoxy groups -OCH3 is 1. The van der Waals surface area contributed by atoms with Crippen LogP contribution in [0.25, 0.3) is 0 Å². The van der Waals surface area contributed by atoms with Crippen molar-refractivity contribution in [2.45, 2.75) is 37.6 Å². The Morgan fingerprint density at radius 2 is 1.66 bits per heavy atom. The molecule has 0 radical (unpaired) electrons. The van der Waals surface area contributed by atoms with E-state index in [1.165, 1.54) is 19.2 Å². The van der Waals surface area contributed by atoms with Crippen LogP contribution >= 0.6 is 0 Å². The Labute approximate surface area is 189 Å². The van der Waals surface area contributed by atoms with E-state index in [1.807, 2.05) is 54.6 Å². The number of amides is 1. The SMILES string of the molecule is CCc1ccc(NC(=O)C(Cc2ccccc2)NS(=O)(=O)c2ccc(OC)c(C)c2)cc1. The van der Waals surface area contributed by atoms with Gasteiger partial charge >= 0.3 is 0 Å². The number of sulfonamides is 1. The molecule has 3 aromatic rings. The third kappa shape index (κ3) is 5.96. The van der Waals surface area contributed by atoms with E-state index in [0.29, 0.717) is 17.0 Å². The molecule has 0 saturated heterocycles. The van der Waals surface area contributed by atoms with Gasteiger partial charge in [-0.05, 0) is 66.8 Å². The molecule has 0 aliphatic heterocycles. The van der Waals surface area contributed by atoms with Gasteiger partial charge in [0.1, 0.15) is 11.8 Å². The number of anilines is 1. The maximum atomic E-state index is 13.1. The molecule has 0 bridgehead atoms. The summed E-state index contributed by atoms with van der Waals surface area (Å²) in [7, 11) is -2.41. The summed E-state index contributed by atoms with van der Waals surface area (Å²) in [4.78, 5) is 13.2. The number of carbonyl (C=O) groups is 1. The zero-order valence-electron chi connectivity index (χ0n) is 18.5. The van der Waals surface area contributed by atoms with Crippen LogP contribution in [0.5, 0.6) is 5.75 Å². The Morgan fingerprint density at radius 1 is 0.969 bits per heavy atom. The van der Waals surface area contributed by atoms with Gasteiger partial charge < -0.3 is 10.1 Å². The fourth-order valence-corrected chi connectivity index (χ4v) is 4.64. The van der Waals surface area contributed by atoms with Gasteiger partial charge in [-0.25, -0.2) is 8.42 Å². The van der Waals surface area contributed by atoms with Gasteiger partial charge in [0.25, 0.3) is 0 Å². The average Bonchev–Trinajstić information content (AvgIpc) is 2.79. The van der Waals surface area contributed by atoms with Gasteiger partial charge in [0.15, 0.2) is 0 Å². The Bertz CT molecular complexity index is 1160. The van der Waals surface area contributed by atoms with Gasteiger partial charge in [0.2, 0.25) is 15.9 Å². The average molecular weight is 453 g/mol. The zero-order chi connectivity index (χ0) is 23.1. The van der Waals surface area contributed by atoms with Crippen LogP contribution in [0.15, 0.2) is 77.7 Å². The highest BCUT2D eigenvalue weighted by atomic mass is 32.2. The van der Waals surface area contributed by atoms with E-state index in [4.69, 9.17) is 4.74 Å². The normalized spacial score (nSPS) is 12.2. The molecule has 0 fully saturated rings. The molecular weight excluding hydrogens is 424 g/mol. The van der Waals surface area contributed by atoms with Crippen LogP contribution in [0.4, 0.5) is 5.69 Å². The quantitative estimate of drug-likeness (QED) is 0.512. The molecule has 0 aliphatic rings. The standard InChI is InChI=1S/C25H28N2O4S/c1-4-19-10-12-21(13-11-19)26-25(28)23(17-20-8-6-5-7-9-20)27-32(29,30)22-14-15-24(31-3)18(2)16-22/h5-16,23,27H,4,17H2,1-3H3,(H,26,28). The zero-order valence-corrected chi connectivity index (χ0v) is 19.3. The summed E-state index contributed by atoms with van der Waals surface area (Å²) in [6, 6.07) is 20.4. The predicted molar refractivity (Wildman–Crippen MR) is 126 cm³/mol. The highest BCUT2D eigenvalue weighted by molar-refractivity contribution is 7.89. The highest BCUT2D eigenvalue weighted by Crippen LogP contribution is 2.22. The number of aryl methyl sites for hydroxylation is 2. The Morgan fingerprint density at radius 3 is 2.25 bits per heavy atom. The fraction of sp³-hybridized carbons (Fsp3) is 0.240. The molecule has 0 aromatic heterocycles. The third-order valence-electron chi connectivity index (χ3n) is 5.20. The van der Waals surface area contributed by atoms with Crippen LogP contribution in [-0.4, -0.2) is 27.5 Å². The summed E-state index contributed by atoms with van der Waals surface area (Å²) in [6.07, 6.45) is 1.11. The number of carbonyl (C=O) groups excluding carboxylic acids is 1. The van der Waals surface area contributed by atoms with Crippen LogP contribution in [0.2, 0.25) is 0 Å². The second-order valence-electron chi connectivity index (χ2n) is 7.53. The topological polar surface area (TPSA) is 84.5 Å². The van der Waals surface area contributed by atoms with Gasteiger partial charge in [0, 0.05) is 5.69 Å². The summed E-state index contributed by atoms with van der Waals surface area (Å²) in [6.45, 7) is 3.82. The lowest BCUT2D eigenvalue weighted by atomic mass is 10.1. The van der Waals surface area contributed by atoms with Crippen LogP contribution in [0, 0.1) is 6.92 Å². The first-order chi connectivity index (χ1) is 15.3. The number of benzene rings is 3. The van der Waals surface area contributed by atoms with Gasteiger partial charge in [-0.2, -0.15) is 4.72 Å². The fourth-order valence-electron chi connectivity index (χ4n) is 3.36. The van der Waals surface area contributed by atoms with E-state index in [0.717, 1.165) is 17.5 Å². The van der Waals surface area contributed by atoms with Gasteiger partial charge in [-0.1, -0.05) is 49.4 Å². The first kappa shape index (κ1) is 23.5. The van der Waals surface area contributed by atoms with Crippen molar-refractivity contribution in [3.63, 3.8) is 0 Å². The van der Waals surface area contributed by atoms with Crippen molar-refractivity contribution < 1.29 is 17.9 Å². The van der Waals surface area contributed by atoms with Crippen LogP contribution in [0.1, 0.15) is 23.6 Å². The van der Waals surface area contributed by atoms with Crippen LogP contribution in [-0.2, 0) is 27.7 Å². The molecule has 0 spiro atoms. The minimum Gasteiger partial charge on any atom is -0.496 e. The molecule has 2 N–H and O–H groups in total. The van der Waals surface area contributed by atoms with Crippen molar-refractivity contribution in [3.05, 3.63) is 89.5 Å². The first-order valence-electron chi connectivity index (χ1n) is 10.4. The second kappa shape index (κ2) is 10.4. The van der Waals surface area contributed by atoms with Crippen molar-refractivity contribution in [3.8, 4) is 5.75 Å². The highest BCUT2D eigenvalue weighted by Gasteiger charge is 2.26. The summed E-state index contributed by atoms with van der Waals surface area (Å²) in [5, 5.41) is 2.83. The minimum absolute atomic E-state index is 0.0777. The Kier molecular flexibility index (Phi) is 7.66. The molecule has 1 atom stereocenters. The Balaban J connectivity index is 1.86. The van der Waals surface area contributed by atoms with Crippen molar-refractivity contribution in [2.24, 2.45) is 0 Å². The molecular formula is C25H28N2O4S. The van der Waals surface area contributed by atoms with Crippen LogP contribution in [0.3, 0.4) is 0 Å². The molecule has 1 amide bonds. The molecule has 32 heavy (non-hydrogen) atoms. The van der Waals surface area contributed by atoms with E-state index in [2.05, 4.69) is 17.0 Å². The third-order valence-corrected chi connectivity index (χ3v) is 6.67. The first-order valence-corrected chi connectivity index (χ1v) is 11.9. The lowest BCUT2D eigenvalue weighted by Gasteiger charge is -2.19. The molecule has 1 unspecified atom stereocenters. The van der Waals surface area contributed by atoms with Gasteiger partial charge in [0.05, 0.1) is 12.0 Å². The minimum atomic E-state index is -3.94. The number of hydrogen-bond donors (Lipinski definition) is 2. The summed E-state index contributed by atoms with van der Waals surface area (Å²) in [5.74, 6) is 0.171. The van der Waals surface area contributed by atoms with E-state index in [-0.39, 0.29) is 11.3 Å². The second-order valence-corrected chi connectivity index (χ2v) is 9.25. The molecule has 7 heteroatoms. The van der Waals surface area contributed by atoms with E-state index < -0.39 is 22.0 Å². The van der Waals surface area contributed by atoms with E-state index in [1.54, 1.807) is 13.0 Å². The molecule has 0 aliphatic carbocycles. The summed E-state index contributed by atoms with van der Waals surface area (Å²) >= 11 is 0. The van der Waals surface area contributed by atoms with E-state index >= 15 is 0 Å². The van der Waals surface area contributed by atoms with Crippen molar-refractivity contribution in [2.75, 3.05) is 12.4 Å². The van der Waals surface area contributed by atoms with Crippen LogP contribution < -0.4 is 14.8 Å². The predicted octanol–water partition coefficient (Wildman–Crippen LogP) is 4.09. The lowest BCUT2D eigenvalue weighted by Crippen LogP contribution is -2.45. The van der Waals surface area contributed by atoms with Gasteiger partial charge in [-0.3, -0.25) is 4.79 Å². The molecule has 3 rings (SSSR count). The molecule has 3 aromatic carbocycles. The maximum absolute atomic E-state index is 13.1. The number of nitrogens with one attached hydrogen (secondary N) is 2. The molecule has 168 valence electrons. The number of ether oxygens (including phenoxy) is 1. The van der Waals surface area contributed by atoms with E-state index in [9.17, 15) is 13.2 Å². The maximum Gasteiger partial charge on any atom is 0.242 e. The number of rotatable bonds is 9. The lowest BCUT2D eigenvalue weighted by molar-refractivity contribution is -0.117. The van der Waals surface area contributed by atoms with Crippen molar-refractivity contribution in [1.29, 1.82) is 0 Å². The number of hydrogen-bond acceptors (Lipinski definition) is 4. The smallest absolute Gasteiger partial charge is 0.242 e. The van der Waals surface area contributed by atoms with Gasteiger partial charge in [-0.15, -0.1) is 0 Å². The summed E-state index contributed by atoms with van der Waals surface area (Å²) < 4.78 is 34.0. The monoisotopic (exact) mass is 452 g/mol. The van der Waals surface area contributed by atoms with Crippen molar-refractivity contribution >= 4 is 21.6 Å². The molecule has 0 saturated carbocycles. The molecule has 6 nitrogen and oxygen atoms in total. The van der Waals surface area contributed by atoms with Crippen molar-refractivity contribution in [1.82, 2.24) is 4.72 Å².